The number of fused-ring (bicyclic) bond motifs is 3. The Hall–Kier alpha value is -1.27. The summed E-state index contributed by atoms with van der Waals surface area (Å²) in [7, 11) is 0. The van der Waals surface area contributed by atoms with E-state index in [0.717, 1.165) is 24.2 Å². The van der Waals surface area contributed by atoms with Crippen molar-refractivity contribution in [2.24, 2.45) is 5.92 Å². The van der Waals surface area contributed by atoms with E-state index in [1.165, 1.54) is 6.08 Å². The number of ether oxygens (including phenoxy) is 1. The summed E-state index contributed by atoms with van der Waals surface area (Å²) >= 11 is 1.77. The molecule has 1 N–H and O–H groups in total. The average molecular weight is 309 g/mol. The number of hydrogen-bond acceptors (Lipinski definition) is 5. The lowest BCUT2D eigenvalue weighted by atomic mass is 9.82. The minimum Gasteiger partial charge on any atom is -0.457 e. The zero-order chi connectivity index (χ0) is 15.1. The van der Waals surface area contributed by atoms with Gasteiger partial charge in [0.05, 0.1) is 18.1 Å². The van der Waals surface area contributed by atoms with E-state index in [1.54, 1.807) is 23.6 Å². The molecular weight excluding hydrogens is 290 g/mol. The van der Waals surface area contributed by atoms with Gasteiger partial charge in [-0.05, 0) is 31.1 Å². The first kappa shape index (κ1) is 14.7. The highest BCUT2D eigenvalue weighted by molar-refractivity contribution is 8.00. The van der Waals surface area contributed by atoms with Gasteiger partial charge >= 0.3 is 5.97 Å². The molecule has 0 aromatic carbocycles. The van der Waals surface area contributed by atoms with Crippen LogP contribution in [0.4, 0.5) is 0 Å². The molecule has 3 heterocycles. The van der Waals surface area contributed by atoms with E-state index in [0.29, 0.717) is 5.70 Å². The van der Waals surface area contributed by atoms with E-state index in [2.05, 4.69) is 6.58 Å². The molecule has 2 fully saturated rings. The van der Waals surface area contributed by atoms with Crippen LogP contribution in [0.2, 0.25) is 0 Å². The summed E-state index contributed by atoms with van der Waals surface area (Å²) in [6.45, 7) is 5.31. The standard InChI is InChI=1S/C15H19NO4S/c1-3-6-20-15(19)11-9-5-4-7-21-13(9)12-10(8(2)17)14(18)16(11)12/h3,8,10,12-13,17H,1,4-7H2,2H3/t8-,10-,12+,13+/m1/s1. The average Bonchev–Trinajstić information content (AvgIpc) is 2.75. The minimum absolute atomic E-state index is 0.0934. The number of nitrogens with zero attached hydrogens (tertiary/aromatic N) is 1. The molecule has 0 bridgehead atoms. The van der Waals surface area contributed by atoms with Gasteiger partial charge in [0.25, 0.3) is 0 Å². The van der Waals surface area contributed by atoms with Crippen molar-refractivity contribution in [2.45, 2.75) is 37.2 Å². The Morgan fingerprint density at radius 1 is 1.67 bits per heavy atom. The van der Waals surface area contributed by atoms with Crippen LogP contribution in [-0.2, 0) is 14.3 Å². The molecule has 0 saturated carbocycles. The van der Waals surface area contributed by atoms with Crippen molar-refractivity contribution in [3.8, 4) is 0 Å². The van der Waals surface area contributed by atoms with Gasteiger partial charge in [0.1, 0.15) is 12.3 Å². The van der Waals surface area contributed by atoms with Crippen molar-refractivity contribution in [2.75, 3.05) is 12.4 Å². The Balaban J connectivity index is 1.92. The zero-order valence-corrected chi connectivity index (χ0v) is 12.8. The number of amides is 1. The van der Waals surface area contributed by atoms with Crippen molar-refractivity contribution < 1.29 is 19.4 Å². The molecule has 1 amide bonds. The zero-order valence-electron chi connectivity index (χ0n) is 11.9. The monoisotopic (exact) mass is 309 g/mol. The molecule has 5 nitrogen and oxygen atoms in total. The molecule has 2 saturated heterocycles. The predicted octanol–water partition coefficient (Wildman–Crippen LogP) is 1.09. The fourth-order valence-corrected chi connectivity index (χ4v) is 4.95. The van der Waals surface area contributed by atoms with Gasteiger partial charge in [-0.3, -0.25) is 4.79 Å². The molecule has 114 valence electrons. The number of carbonyl (C=O) groups excluding carboxylic acids is 2. The lowest BCUT2D eigenvalue weighted by Crippen LogP contribution is -2.64. The predicted molar refractivity (Wildman–Crippen MR) is 79.5 cm³/mol. The van der Waals surface area contributed by atoms with Gasteiger partial charge in [-0.1, -0.05) is 12.7 Å². The highest BCUT2D eigenvalue weighted by Crippen LogP contribution is 2.51. The minimum atomic E-state index is -0.689. The van der Waals surface area contributed by atoms with Crippen LogP contribution in [0, 0.1) is 5.92 Å². The molecule has 0 spiro atoms. The molecule has 21 heavy (non-hydrogen) atoms. The SMILES string of the molecule is C=CCOC(=O)C1=C2CCCS[C@@H]2[C@@H]2[C@@H]([C@@H](C)O)C(=O)N12. The van der Waals surface area contributed by atoms with Crippen molar-refractivity contribution >= 4 is 23.6 Å². The van der Waals surface area contributed by atoms with Gasteiger partial charge in [-0.15, -0.1) is 0 Å². The normalized spacial score (nSPS) is 32.2. The fraction of sp³-hybridized carbons (Fsp3) is 0.600. The number of hydrogen-bond donors (Lipinski definition) is 1. The molecule has 0 aromatic heterocycles. The Labute approximate surface area is 128 Å². The van der Waals surface area contributed by atoms with Gasteiger partial charge in [0.15, 0.2) is 0 Å². The Kier molecular flexibility index (Phi) is 3.84. The van der Waals surface area contributed by atoms with Gasteiger partial charge in [-0.25, -0.2) is 4.79 Å². The number of β-lactam (4-membered cyclic amide) rings is 1. The summed E-state index contributed by atoms with van der Waals surface area (Å²) in [5, 5.41) is 9.97. The van der Waals surface area contributed by atoms with Crippen LogP contribution >= 0.6 is 11.8 Å². The molecule has 3 aliphatic heterocycles. The first-order chi connectivity index (χ1) is 10.1. The smallest absolute Gasteiger partial charge is 0.355 e. The molecule has 4 atom stereocenters. The van der Waals surface area contributed by atoms with Gasteiger partial charge < -0.3 is 14.7 Å². The molecule has 3 rings (SSSR count). The highest BCUT2D eigenvalue weighted by atomic mass is 32.2. The topological polar surface area (TPSA) is 66.8 Å². The summed E-state index contributed by atoms with van der Waals surface area (Å²) in [6.07, 6.45) is 2.65. The lowest BCUT2D eigenvalue weighted by Gasteiger charge is -2.47. The highest BCUT2D eigenvalue weighted by Gasteiger charge is 2.61. The Morgan fingerprint density at radius 3 is 3.10 bits per heavy atom. The van der Waals surface area contributed by atoms with Crippen molar-refractivity contribution in [3.05, 3.63) is 23.9 Å². The van der Waals surface area contributed by atoms with Crippen LogP contribution in [0.1, 0.15) is 19.8 Å². The van der Waals surface area contributed by atoms with E-state index in [1.807, 2.05) is 0 Å². The first-order valence-corrected chi connectivity index (χ1v) is 8.26. The van der Waals surface area contributed by atoms with Crippen LogP contribution in [0.5, 0.6) is 0 Å². The summed E-state index contributed by atoms with van der Waals surface area (Å²) in [4.78, 5) is 26.1. The van der Waals surface area contributed by atoms with E-state index in [9.17, 15) is 14.7 Å². The van der Waals surface area contributed by atoms with Crippen LogP contribution in [0.15, 0.2) is 23.9 Å². The van der Waals surface area contributed by atoms with Crippen LogP contribution < -0.4 is 0 Å². The maximum Gasteiger partial charge on any atom is 0.355 e. The fourth-order valence-electron chi connectivity index (χ4n) is 3.47. The maximum atomic E-state index is 12.3. The number of rotatable bonds is 4. The van der Waals surface area contributed by atoms with Crippen LogP contribution in [-0.4, -0.2) is 51.6 Å². The van der Waals surface area contributed by atoms with Gasteiger partial charge in [0.2, 0.25) is 5.91 Å². The lowest BCUT2D eigenvalue weighted by molar-refractivity contribution is -0.161. The number of carbonyl (C=O) groups is 2. The molecule has 0 unspecified atom stereocenters. The summed E-state index contributed by atoms with van der Waals surface area (Å²) in [5.74, 6) is 0.00875. The third-order valence-electron chi connectivity index (χ3n) is 4.32. The third kappa shape index (κ3) is 2.12. The Bertz CT molecular complexity index is 528. The number of aliphatic hydroxyl groups excluding tert-OH is 1. The second kappa shape index (κ2) is 5.50. The van der Waals surface area contributed by atoms with Crippen LogP contribution in [0.3, 0.4) is 0 Å². The molecule has 6 heteroatoms. The van der Waals surface area contributed by atoms with Crippen LogP contribution in [0.25, 0.3) is 0 Å². The summed E-state index contributed by atoms with van der Waals surface area (Å²) in [5.41, 5.74) is 1.43. The number of aliphatic hydroxyl groups is 1. The van der Waals surface area contributed by atoms with Crippen molar-refractivity contribution in [3.63, 3.8) is 0 Å². The van der Waals surface area contributed by atoms with Gasteiger partial charge in [0, 0.05) is 5.25 Å². The van der Waals surface area contributed by atoms with E-state index < -0.39 is 18.0 Å². The number of esters is 1. The second-order valence-electron chi connectivity index (χ2n) is 5.62. The van der Waals surface area contributed by atoms with Gasteiger partial charge in [-0.2, -0.15) is 11.8 Å². The van der Waals surface area contributed by atoms with E-state index >= 15 is 0 Å². The number of thioether (sulfide) groups is 1. The molecule has 0 aromatic rings. The summed E-state index contributed by atoms with van der Waals surface area (Å²) in [6, 6.07) is -0.0934. The van der Waals surface area contributed by atoms with E-state index in [-0.39, 0.29) is 23.8 Å². The largest absolute Gasteiger partial charge is 0.457 e. The van der Waals surface area contributed by atoms with Crippen molar-refractivity contribution in [1.82, 2.24) is 4.90 Å². The first-order valence-electron chi connectivity index (χ1n) is 7.21. The second-order valence-corrected chi connectivity index (χ2v) is 6.87. The maximum absolute atomic E-state index is 12.3. The molecular formula is C15H19NO4S. The quantitative estimate of drug-likeness (QED) is 0.478. The molecule has 3 aliphatic rings. The van der Waals surface area contributed by atoms with E-state index in [4.69, 9.17) is 4.74 Å². The molecule has 0 radical (unpaired) electrons. The third-order valence-corrected chi connectivity index (χ3v) is 5.77. The van der Waals surface area contributed by atoms with Crippen molar-refractivity contribution in [1.29, 1.82) is 0 Å². The Morgan fingerprint density at radius 2 is 2.43 bits per heavy atom. The molecule has 0 aliphatic carbocycles. The summed E-state index contributed by atoms with van der Waals surface area (Å²) < 4.78 is 5.14.